The first-order valence-electron chi connectivity index (χ1n) is 7.65. The quantitative estimate of drug-likeness (QED) is 0.767. The molecule has 1 fully saturated rings. The lowest BCUT2D eigenvalue weighted by Gasteiger charge is -2.18. The van der Waals surface area contributed by atoms with Crippen LogP contribution in [0.4, 0.5) is 11.8 Å². The second kappa shape index (κ2) is 5.50. The summed E-state index contributed by atoms with van der Waals surface area (Å²) in [5.74, 6) is 2.13. The predicted octanol–water partition coefficient (Wildman–Crippen LogP) is 2.23. The van der Waals surface area contributed by atoms with Crippen molar-refractivity contribution in [1.29, 1.82) is 0 Å². The van der Waals surface area contributed by atoms with Crippen LogP contribution in [-0.4, -0.2) is 43.3 Å². The van der Waals surface area contributed by atoms with Crippen molar-refractivity contribution in [3.63, 3.8) is 0 Å². The van der Waals surface area contributed by atoms with E-state index in [4.69, 9.17) is 10.5 Å². The standard InChI is InChI=1S/C16H19N5OS/c1-18-9-5-6-21(8-9)15-14-13(19-16(17)20-15)11-4-3-10(22-2)7-12(11)23-14/h3-4,7,9,18H,5-6,8H2,1-2H3,(H2,17,19,20)/t9-/m0/s1. The molecule has 0 saturated carbocycles. The SMILES string of the molecule is CN[C@H]1CCN(c2nc(N)nc3c2sc2cc(OC)ccc23)C1. The molecule has 0 radical (unpaired) electrons. The van der Waals surface area contributed by atoms with Gasteiger partial charge in [-0.3, -0.25) is 0 Å². The Kier molecular flexibility index (Phi) is 3.46. The van der Waals surface area contributed by atoms with Crippen LogP contribution in [0.15, 0.2) is 18.2 Å². The predicted molar refractivity (Wildman–Crippen MR) is 95.6 cm³/mol. The van der Waals surface area contributed by atoms with Gasteiger partial charge in [0.05, 0.1) is 17.3 Å². The molecule has 120 valence electrons. The van der Waals surface area contributed by atoms with Crippen molar-refractivity contribution in [3.05, 3.63) is 18.2 Å². The summed E-state index contributed by atoms with van der Waals surface area (Å²) in [5.41, 5.74) is 6.91. The fraction of sp³-hybridized carbons (Fsp3) is 0.375. The second-order valence-corrected chi connectivity index (χ2v) is 6.82. The lowest BCUT2D eigenvalue weighted by atomic mass is 10.2. The minimum atomic E-state index is 0.330. The summed E-state index contributed by atoms with van der Waals surface area (Å²) in [4.78, 5) is 11.3. The van der Waals surface area contributed by atoms with E-state index in [1.165, 1.54) is 0 Å². The number of nitrogen functional groups attached to an aromatic ring is 1. The van der Waals surface area contributed by atoms with E-state index >= 15 is 0 Å². The monoisotopic (exact) mass is 329 g/mol. The van der Waals surface area contributed by atoms with Gasteiger partial charge >= 0.3 is 0 Å². The van der Waals surface area contributed by atoms with E-state index in [1.807, 2.05) is 25.2 Å². The number of nitrogens with one attached hydrogen (secondary N) is 1. The maximum absolute atomic E-state index is 5.98. The summed E-state index contributed by atoms with van der Waals surface area (Å²) in [7, 11) is 3.68. The van der Waals surface area contributed by atoms with Crippen molar-refractivity contribution in [2.75, 3.05) is 37.9 Å². The third kappa shape index (κ3) is 2.36. The van der Waals surface area contributed by atoms with Crippen LogP contribution in [0.25, 0.3) is 20.3 Å². The summed E-state index contributed by atoms with van der Waals surface area (Å²) in [5, 5.41) is 4.44. The zero-order chi connectivity index (χ0) is 16.0. The van der Waals surface area contributed by atoms with Crippen molar-refractivity contribution < 1.29 is 4.74 Å². The molecule has 0 unspecified atom stereocenters. The number of anilines is 2. The van der Waals surface area contributed by atoms with Gasteiger partial charge in [0.1, 0.15) is 5.75 Å². The molecule has 23 heavy (non-hydrogen) atoms. The van der Waals surface area contributed by atoms with Crippen LogP contribution in [0, 0.1) is 0 Å². The fourth-order valence-corrected chi connectivity index (χ4v) is 4.34. The van der Waals surface area contributed by atoms with Gasteiger partial charge in [-0.05, 0) is 31.7 Å². The van der Waals surface area contributed by atoms with E-state index in [0.29, 0.717) is 12.0 Å². The van der Waals surface area contributed by atoms with E-state index in [2.05, 4.69) is 20.2 Å². The Morgan fingerprint density at radius 3 is 3.00 bits per heavy atom. The van der Waals surface area contributed by atoms with Crippen molar-refractivity contribution in [2.24, 2.45) is 0 Å². The molecule has 1 aromatic carbocycles. The molecule has 6 nitrogen and oxygen atoms in total. The normalized spacial score (nSPS) is 18.2. The van der Waals surface area contributed by atoms with Gasteiger partial charge in [-0.1, -0.05) is 0 Å². The molecule has 1 saturated heterocycles. The Balaban J connectivity index is 1.90. The van der Waals surface area contributed by atoms with E-state index in [0.717, 1.165) is 51.4 Å². The van der Waals surface area contributed by atoms with Gasteiger partial charge in [0.25, 0.3) is 0 Å². The molecule has 0 aliphatic carbocycles. The van der Waals surface area contributed by atoms with Gasteiger partial charge in [0.2, 0.25) is 5.95 Å². The fourth-order valence-electron chi connectivity index (χ4n) is 3.15. The highest BCUT2D eigenvalue weighted by Gasteiger charge is 2.25. The number of aromatic nitrogens is 2. The van der Waals surface area contributed by atoms with Crippen LogP contribution in [0.3, 0.4) is 0 Å². The number of fused-ring (bicyclic) bond motifs is 3. The first kappa shape index (κ1) is 14.5. The molecule has 7 heteroatoms. The molecule has 1 aliphatic heterocycles. The van der Waals surface area contributed by atoms with Crippen LogP contribution in [0.2, 0.25) is 0 Å². The first-order valence-corrected chi connectivity index (χ1v) is 8.47. The molecule has 0 bridgehead atoms. The van der Waals surface area contributed by atoms with Gasteiger partial charge in [-0.2, -0.15) is 4.98 Å². The summed E-state index contributed by atoms with van der Waals surface area (Å²) in [6.45, 7) is 1.92. The average Bonchev–Trinajstić information content (AvgIpc) is 3.17. The Morgan fingerprint density at radius 2 is 2.26 bits per heavy atom. The van der Waals surface area contributed by atoms with Gasteiger partial charge in [0, 0.05) is 29.2 Å². The van der Waals surface area contributed by atoms with Crippen LogP contribution in [0.5, 0.6) is 5.75 Å². The second-order valence-electron chi connectivity index (χ2n) is 5.77. The molecular formula is C16H19N5OS. The maximum Gasteiger partial charge on any atom is 0.222 e. The molecule has 0 spiro atoms. The van der Waals surface area contributed by atoms with Crippen molar-refractivity contribution >= 4 is 43.4 Å². The number of rotatable bonds is 3. The number of thiophene rings is 1. The summed E-state index contributed by atoms with van der Waals surface area (Å²) >= 11 is 1.70. The Bertz CT molecular complexity index is 878. The Morgan fingerprint density at radius 1 is 1.39 bits per heavy atom. The Hall–Kier alpha value is -2.12. The van der Waals surface area contributed by atoms with Crippen molar-refractivity contribution in [1.82, 2.24) is 15.3 Å². The zero-order valence-corrected chi connectivity index (χ0v) is 14.0. The first-order chi connectivity index (χ1) is 11.2. The molecule has 3 N–H and O–H groups in total. The van der Waals surface area contributed by atoms with E-state index in [-0.39, 0.29) is 0 Å². The third-order valence-electron chi connectivity index (χ3n) is 4.42. The van der Waals surface area contributed by atoms with E-state index in [1.54, 1.807) is 18.4 Å². The number of nitrogens with two attached hydrogens (primary N) is 1. The number of hydrogen-bond donors (Lipinski definition) is 2. The highest BCUT2D eigenvalue weighted by molar-refractivity contribution is 7.26. The lowest BCUT2D eigenvalue weighted by Crippen LogP contribution is -2.30. The van der Waals surface area contributed by atoms with Crippen LogP contribution >= 0.6 is 11.3 Å². The van der Waals surface area contributed by atoms with Gasteiger partial charge < -0.3 is 20.7 Å². The summed E-state index contributed by atoms with van der Waals surface area (Å²) < 4.78 is 7.57. The summed E-state index contributed by atoms with van der Waals surface area (Å²) in [6, 6.07) is 6.54. The van der Waals surface area contributed by atoms with Crippen molar-refractivity contribution in [2.45, 2.75) is 12.5 Å². The smallest absolute Gasteiger partial charge is 0.222 e. The largest absolute Gasteiger partial charge is 0.497 e. The van der Waals surface area contributed by atoms with E-state index in [9.17, 15) is 0 Å². The Labute approximate surface area is 138 Å². The topological polar surface area (TPSA) is 76.3 Å². The van der Waals surface area contributed by atoms with Crippen LogP contribution in [0.1, 0.15) is 6.42 Å². The molecule has 4 rings (SSSR count). The minimum Gasteiger partial charge on any atom is -0.497 e. The highest BCUT2D eigenvalue weighted by Crippen LogP contribution is 2.40. The minimum absolute atomic E-state index is 0.330. The number of ether oxygens (including phenoxy) is 1. The van der Waals surface area contributed by atoms with Gasteiger partial charge in [-0.25, -0.2) is 4.98 Å². The van der Waals surface area contributed by atoms with E-state index < -0.39 is 0 Å². The average molecular weight is 329 g/mol. The third-order valence-corrected chi connectivity index (χ3v) is 5.55. The number of methoxy groups -OCH3 is 1. The zero-order valence-electron chi connectivity index (χ0n) is 13.2. The molecule has 0 amide bonds. The lowest BCUT2D eigenvalue weighted by molar-refractivity contribution is 0.415. The number of nitrogens with zero attached hydrogens (tertiary/aromatic N) is 3. The van der Waals surface area contributed by atoms with Gasteiger partial charge in [-0.15, -0.1) is 11.3 Å². The number of hydrogen-bond acceptors (Lipinski definition) is 7. The molecule has 1 atom stereocenters. The summed E-state index contributed by atoms with van der Waals surface area (Å²) in [6.07, 6.45) is 1.11. The van der Waals surface area contributed by atoms with Crippen LogP contribution in [-0.2, 0) is 0 Å². The molecule has 2 aromatic heterocycles. The van der Waals surface area contributed by atoms with Gasteiger partial charge in [0.15, 0.2) is 5.82 Å². The molecular weight excluding hydrogens is 310 g/mol. The number of likely N-dealkylation sites (N-methyl/N-ethyl adjacent to an activating group) is 1. The highest BCUT2D eigenvalue weighted by atomic mass is 32.1. The number of benzene rings is 1. The molecule has 3 aromatic rings. The van der Waals surface area contributed by atoms with Crippen LogP contribution < -0.4 is 20.7 Å². The maximum atomic E-state index is 5.98. The van der Waals surface area contributed by atoms with Crippen molar-refractivity contribution in [3.8, 4) is 5.75 Å². The molecule has 3 heterocycles. The molecule has 1 aliphatic rings.